The van der Waals surface area contributed by atoms with E-state index in [1.165, 1.54) is 0 Å². The van der Waals surface area contributed by atoms with Crippen molar-refractivity contribution in [3.05, 3.63) is 0 Å². The van der Waals surface area contributed by atoms with Gasteiger partial charge in [0.1, 0.15) is 0 Å². The van der Waals surface area contributed by atoms with E-state index < -0.39 is 0 Å². The van der Waals surface area contributed by atoms with Crippen LogP contribution in [-0.2, 0) is 58.9 Å². The van der Waals surface area contributed by atoms with Gasteiger partial charge in [-0.05, 0) is 0 Å². The van der Waals surface area contributed by atoms with Gasteiger partial charge in [0.05, 0.1) is 0 Å². The summed E-state index contributed by atoms with van der Waals surface area (Å²) in [6.45, 7) is 0. The molecule has 0 nitrogen and oxygen atoms in total. The summed E-state index contributed by atoms with van der Waals surface area (Å²) in [5.74, 6) is 0. The van der Waals surface area contributed by atoms with Crippen molar-refractivity contribution >= 4 is 59.3 Å². The fraction of sp³-hybridized carbons (Fsp3) is 0. The summed E-state index contributed by atoms with van der Waals surface area (Å²) in [6, 6.07) is 0. The van der Waals surface area contributed by atoms with Crippen LogP contribution in [0.5, 0.6) is 0 Å². The zero-order chi connectivity index (χ0) is 0. The second kappa shape index (κ2) is 37.2. The fourth-order valence-electron chi connectivity index (χ4n) is 0. The van der Waals surface area contributed by atoms with E-state index in [0.717, 1.165) is 0 Å². The SMILES string of the molecule is [Ag].[AlH3].[LiH].[MgH2].[Mn].[Zn]. The molecule has 0 heterocycles. The molecular formula is H6AgAlLiMgMnZn. The van der Waals surface area contributed by atoms with Crippen molar-refractivity contribution in [1.82, 2.24) is 0 Å². The van der Waals surface area contributed by atoms with E-state index >= 15 is 0 Å². The van der Waals surface area contributed by atoms with E-state index in [4.69, 9.17) is 0 Å². The van der Waals surface area contributed by atoms with Crippen LogP contribution >= 0.6 is 0 Å². The smallest absolute Gasteiger partial charge is 0 e. The Labute approximate surface area is 116 Å². The molecule has 0 spiro atoms. The number of hydrogen-bond donors (Lipinski definition) is 0. The molecule has 0 aliphatic carbocycles. The molecule has 6 heavy (non-hydrogen) atoms. The van der Waals surface area contributed by atoms with E-state index in [0.29, 0.717) is 0 Å². The van der Waals surface area contributed by atoms with Crippen molar-refractivity contribution in [2.24, 2.45) is 0 Å². The van der Waals surface area contributed by atoms with Crippen LogP contribution in [-0.4, -0.2) is 59.3 Å². The Balaban J connectivity index is 0. The summed E-state index contributed by atoms with van der Waals surface area (Å²) < 4.78 is 0. The van der Waals surface area contributed by atoms with Gasteiger partial charge in [0.15, 0.2) is 17.4 Å². The maximum absolute atomic E-state index is 0. The van der Waals surface area contributed by atoms with E-state index in [1.54, 1.807) is 0 Å². The van der Waals surface area contributed by atoms with Crippen molar-refractivity contribution in [3.8, 4) is 0 Å². The second-order valence-electron chi connectivity index (χ2n) is 0. The number of rotatable bonds is 0. The molecule has 0 aromatic heterocycles. The number of hydrogen-bond acceptors (Lipinski definition) is 0. The summed E-state index contributed by atoms with van der Waals surface area (Å²) in [4.78, 5) is 0. The van der Waals surface area contributed by atoms with Gasteiger partial charge in [-0.1, -0.05) is 0 Å². The average Bonchev–Trinajstić information content (AvgIpc) is 0. The van der Waals surface area contributed by atoms with E-state index in [2.05, 4.69) is 0 Å². The van der Waals surface area contributed by atoms with Gasteiger partial charge in [-0.2, -0.15) is 0 Å². The minimum absolute atomic E-state index is 0. The Morgan fingerprint density at radius 1 is 1.00 bits per heavy atom. The maximum atomic E-state index is 0. The first kappa shape index (κ1) is 52.8. The quantitative estimate of drug-likeness (QED) is 0.425. The average molecular weight is 292 g/mol. The summed E-state index contributed by atoms with van der Waals surface area (Å²) in [5, 5.41) is 0. The molecule has 0 aliphatic heterocycles. The van der Waals surface area contributed by atoms with Crippen LogP contribution in [0.4, 0.5) is 0 Å². The zero-order valence-corrected chi connectivity index (χ0v) is 7.02. The molecular weight excluding hydrogens is 286 g/mol. The first-order valence-corrected chi connectivity index (χ1v) is 0. The van der Waals surface area contributed by atoms with Crippen molar-refractivity contribution < 1.29 is 58.9 Å². The van der Waals surface area contributed by atoms with Gasteiger partial charge >= 0.3 is 41.9 Å². The van der Waals surface area contributed by atoms with Gasteiger partial charge in [-0.15, -0.1) is 0 Å². The standard InChI is InChI=1S/Ag.Al.Li.Mg.Mn.Zn.6H. The molecule has 0 aromatic rings. The molecule has 2 radical (unpaired) electrons. The first-order chi connectivity index (χ1) is 0. The van der Waals surface area contributed by atoms with Gasteiger partial charge in [0.25, 0.3) is 0 Å². The largest absolute Gasteiger partial charge is 0.316 e. The van der Waals surface area contributed by atoms with Gasteiger partial charge in [-0.3, -0.25) is 0 Å². The van der Waals surface area contributed by atoms with E-state index in [1.807, 2.05) is 0 Å². The fourth-order valence-corrected chi connectivity index (χ4v) is 0. The molecule has 0 atom stereocenters. The van der Waals surface area contributed by atoms with Crippen LogP contribution in [0.1, 0.15) is 0 Å². The van der Waals surface area contributed by atoms with Crippen molar-refractivity contribution in [3.63, 3.8) is 0 Å². The van der Waals surface area contributed by atoms with Gasteiger partial charge in [0.2, 0.25) is 0 Å². The molecule has 0 N–H and O–H groups in total. The maximum Gasteiger partial charge on any atom is 0.316 e. The van der Waals surface area contributed by atoms with Crippen LogP contribution in [0.25, 0.3) is 0 Å². The van der Waals surface area contributed by atoms with Crippen LogP contribution in [0, 0.1) is 0 Å². The predicted octanol–water partition coefficient (Wildman–Crippen LogP) is -2.76. The predicted molar refractivity (Wildman–Crippen MR) is 25.6 cm³/mol. The molecule has 0 rings (SSSR count). The van der Waals surface area contributed by atoms with Crippen molar-refractivity contribution in [2.45, 2.75) is 0 Å². The third-order valence-electron chi connectivity index (χ3n) is 0. The second-order valence-corrected chi connectivity index (χ2v) is 0. The van der Waals surface area contributed by atoms with E-state index in [9.17, 15) is 0 Å². The Morgan fingerprint density at radius 2 is 1.00 bits per heavy atom. The van der Waals surface area contributed by atoms with E-state index in [-0.39, 0.29) is 118 Å². The molecule has 32 valence electrons. The van der Waals surface area contributed by atoms with Gasteiger partial charge in [-0.25, -0.2) is 0 Å². The molecule has 0 saturated heterocycles. The van der Waals surface area contributed by atoms with Crippen molar-refractivity contribution in [1.29, 1.82) is 0 Å². The topological polar surface area (TPSA) is 0 Å². The van der Waals surface area contributed by atoms with Crippen LogP contribution in [0.3, 0.4) is 0 Å². The van der Waals surface area contributed by atoms with Crippen molar-refractivity contribution in [2.75, 3.05) is 0 Å². The molecule has 0 saturated carbocycles. The summed E-state index contributed by atoms with van der Waals surface area (Å²) in [6.07, 6.45) is 0. The molecule has 6 heteroatoms. The Bertz CT molecular complexity index is 15.5. The van der Waals surface area contributed by atoms with Crippen LogP contribution in [0.15, 0.2) is 0 Å². The normalized spacial score (nSPS) is 0. The van der Waals surface area contributed by atoms with Gasteiger partial charge in [0, 0.05) is 58.9 Å². The zero-order valence-electron chi connectivity index (χ0n) is 1.39. The molecule has 0 bridgehead atoms. The summed E-state index contributed by atoms with van der Waals surface area (Å²) in [7, 11) is 0. The first-order valence-electron chi connectivity index (χ1n) is 0. The minimum Gasteiger partial charge on any atom is 0 e. The summed E-state index contributed by atoms with van der Waals surface area (Å²) >= 11 is 0. The Morgan fingerprint density at radius 3 is 1.00 bits per heavy atom. The van der Waals surface area contributed by atoms with Crippen LogP contribution < -0.4 is 0 Å². The summed E-state index contributed by atoms with van der Waals surface area (Å²) in [5.41, 5.74) is 0. The molecule has 0 unspecified atom stereocenters. The Kier molecular flexibility index (Phi) is 327. The molecule has 0 fully saturated rings. The van der Waals surface area contributed by atoms with Crippen LogP contribution in [0.2, 0.25) is 0 Å². The third-order valence-corrected chi connectivity index (χ3v) is 0. The Hall–Kier alpha value is 3.78. The molecule has 0 aliphatic rings. The molecule has 0 amide bonds. The minimum atomic E-state index is 0. The molecule has 0 aromatic carbocycles. The monoisotopic (exact) mass is 290 g/mol. The van der Waals surface area contributed by atoms with Gasteiger partial charge < -0.3 is 0 Å². The third kappa shape index (κ3) is 25.0.